The Kier molecular flexibility index (Phi) is 5.51. The Morgan fingerprint density at radius 2 is 1.96 bits per heavy atom. The second kappa shape index (κ2) is 8.38. The molecular formula is C23H26N2O3. The molecule has 1 aromatic heterocycles. The first-order chi connectivity index (χ1) is 13.7. The fraction of sp³-hybridized carbons (Fsp3) is 0.348. The number of aromatic amines is 1. The molecule has 4 rings (SSSR count). The maximum atomic E-state index is 12.5. The summed E-state index contributed by atoms with van der Waals surface area (Å²) in [5.74, 6) is 1.38. The summed E-state index contributed by atoms with van der Waals surface area (Å²) in [7, 11) is 1.64. The van der Waals surface area contributed by atoms with Crippen molar-refractivity contribution in [3.8, 4) is 11.5 Å². The molecule has 28 heavy (non-hydrogen) atoms. The predicted octanol–water partition coefficient (Wildman–Crippen LogP) is 5.07. The minimum Gasteiger partial charge on any atom is -0.493 e. The third-order valence-electron chi connectivity index (χ3n) is 5.34. The monoisotopic (exact) mass is 378 g/mol. The molecule has 1 saturated carbocycles. The fourth-order valence-corrected chi connectivity index (χ4v) is 3.84. The van der Waals surface area contributed by atoms with Crippen LogP contribution < -0.4 is 14.8 Å². The van der Waals surface area contributed by atoms with Gasteiger partial charge in [0.2, 0.25) is 5.91 Å². The van der Waals surface area contributed by atoms with Crippen molar-refractivity contribution in [2.75, 3.05) is 12.4 Å². The number of para-hydroxylation sites is 1. The molecule has 2 N–H and O–H groups in total. The first kappa shape index (κ1) is 18.4. The van der Waals surface area contributed by atoms with Crippen molar-refractivity contribution >= 4 is 22.5 Å². The maximum absolute atomic E-state index is 12.5. The number of rotatable bonds is 7. The zero-order valence-electron chi connectivity index (χ0n) is 16.2. The van der Waals surface area contributed by atoms with Gasteiger partial charge in [-0.2, -0.15) is 0 Å². The lowest BCUT2D eigenvalue weighted by Crippen LogP contribution is -2.14. The first-order valence-electron chi connectivity index (χ1n) is 9.92. The second-order valence-electron chi connectivity index (χ2n) is 7.30. The molecule has 0 saturated heterocycles. The molecule has 0 spiro atoms. The number of methoxy groups -OCH3 is 1. The van der Waals surface area contributed by atoms with Crippen molar-refractivity contribution in [1.82, 2.24) is 4.98 Å². The summed E-state index contributed by atoms with van der Waals surface area (Å²) in [6.07, 6.45) is 7.90. The number of H-pyrrole nitrogens is 1. The molecule has 1 heterocycles. The zero-order chi connectivity index (χ0) is 19.3. The molecule has 5 nitrogen and oxygen atoms in total. The van der Waals surface area contributed by atoms with Gasteiger partial charge in [0.15, 0.2) is 11.5 Å². The molecule has 1 fully saturated rings. The summed E-state index contributed by atoms with van der Waals surface area (Å²) in [5, 5.41) is 4.16. The van der Waals surface area contributed by atoms with Crippen LogP contribution in [0.3, 0.4) is 0 Å². The molecule has 0 unspecified atom stereocenters. The van der Waals surface area contributed by atoms with E-state index in [0.717, 1.165) is 29.6 Å². The molecule has 5 heteroatoms. The van der Waals surface area contributed by atoms with Crippen LogP contribution in [0.15, 0.2) is 48.7 Å². The number of hydrogen-bond acceptors (Lipinski definition) is 3. The Bertz CT molecular complexity index is 957. The van der Waals surface area contributed by atoms with Crippen molar-refractivity contribution < 1.29 is 14.3 Å². The Morgan fingerprint density at radius 1 is 1.14 bits per heavy atom. The van der Waals surface area contributed by atoms with Gasteiger partial charge in [-0.3, -0.25) is 4.79 Å². The van der Waals surface area contributed by atoms with Gasteiger partial charge in [0.1, 0.15) is 0 Å². The lowest BCUT2D eigenvalue weighted by atomic mass is 10.1. The number of anilines is 1. The molecule has 3 aromatic rings. The van der Waals surface area contributed by atoms with Crippen molar-refractivity contribution in [1.29, 1.82) is 0 Å². The number of aromatic nitrogens is 1. The van der Waals surface area contributed by atoms with E-state index in [1.165, 1.54) is 18.2 Å². The van der Waals surface area contributed by atoms with Crippen LogP contribution in [0.25, 0.3) is 10.9 Å². The highest BCUT2D eigenvalue weighted by molar-refractivity contribution is 5.92. The van der Waals surface area contributed by atoms with Crippen LogP contribution >= 0.6 is 0 Å². The van der Waals surface area contributed by atoms with Gasteiger partial charge in [-0.15, -0.1) is 0 Å². The Labute approximate surface area is 165 Å². The molecule has 0 radical (unpaired) electrons. The third-order valence-corrected chi connectivity index (χ3v) is 5.34. The summed E-state index contributed by atoms with van der Waals surface area (Å²) in [6, 6.07) is 13.7. The van der Waals surface area contributed by atoms with Crippen LogP contribution in [0.2, 0.25) is 0 Å². The Morgan fingerprint density at radius 3 is 2.79 bits per heavy atom. The van der Waals surface area contributed by atoms with Gasteiger partial charge in [-0.05, 0) is 55.9 Å². The highest BCUT2D eigenvalue weighted by Gasteiger charge is 2.19. The molecule has 1 amide bonds. The number of fused-ring (bicyclic) bond motifs is 1. The van der Waals surface area contributed by atoms with Crippen LogP contribution in [0.5, 0.6) is 11.5 Å². The van der Waals surface area contributed by atoms with E-state index >= 15 is 0 Å². The number of amides is 1. The van der Waals surface area contributed by atoms with E-state index in [-0.39, 0.29) is 12.0 Å². The Balaban J connectivity index is 1.39. The molecule has 1 aliphatic carbocycles. The number of ether oxygens (including phenoxy) is 2. The van der Waals surface area contributed by atoms with E-state index in [4.69, 9.17) is 9.47 Å². The summed E-state index contributed by atoms with van der Waals surface area (Å²) < 4.78 is 11.5. The number of nitrogens with one attached hydrogen (secondary N) is 2. The lowest BCUT2D eigenvalue weighted by Gasteiger charge is -2.17. The van der Waals surface area contributed by atoms with Crippen LogP contribution in [0.4, 0.5) is 5.69 Å². The van der Waals surface area contributed by atoms with Gasteiger partial charge in [0.05, 0.1) is 13.2 Å². The number of carbonyl (C=O) groups is 1. The summed E-state index contributed by atoms with van der Waals surface area (Å²) >= 11 is 0. The quantitative estimate of drug-likeness (QED) is 0.603. The van der Waals surface area contributed by atoms with Gasteiger partial charge in [0.25, 0.3) is 0 Å². The number of carbonyl (C=O) groups excluding carboxylic acids is 1. The average molecular weight is 378 g/mol. The van der Waals surface area contributed by atoms with E-state index in [2.05, 4.69) is 16.4 Å². The minimum atomic E-state index is -0.0118. The van der Waals surface area contributed by atoms with E-state index in [1.54, 1.807) is 7.11 Å². The molecule has 146 valence electrons. The van der Waals surface area contributed by atoms with Crippen LogP contribution in [-0.2, 0) is 11.2 Å². The molecular weight excluding hydrogens is 352 g/mol. The van der Waals surface area contributed by atoms with Crippen molar-refractivity contribution in [2.24, 2.45) is 0 Å². The van der Waals surface area contributed by atoms with Crippen LogP contribution in [0.1, 0.15) is 37.7 Å². The maximum Gasteiger partial charge on any atom is 0.224 e. The van der Waals surface area contributed by atoms with E-state index in [0.29, 0.717) is 24.3 Å². The summed E-state index contributed by atoms with van der Waals surface area (Å²) in [5.41, 5.74) is 2.99. The normalized spacial score (nSPS) is 14.3. The van der Waals surface area contributed by atoms with Gasteiger partial charge in [-0.1, -0.05) is 18.2 Å². The molecule has 1 aliphatic rings. The van der Waals surface area contributed by atoms with Gasteiger partial charge >= 0.3 is 0 Å². The van der Waals surface area contributed by atoms with Crippen molar-refractivity contribution in [3.63, 3.8) is 0 Å². The highest BCUT2D eigenvalue weighted by Crippen LogP contribution is 2.34. The number of aryl methyl sites for hydroxylation is 1. The first-order valence-corrected chi connectivity index (χ1v) is 9.92. The third kappa shape index (κ3) is 4.14. The van der Waals surface area contributed by atoms with E-state index < -0.39 is 0 Å². The summed E-state index contributed by atoms with van der Waals surface area (Å²) in [6.45, 7) is 0. The molecule has 0 aliphatic heterocycles. The van der Waals surface area contributed by atoms with Gasteiger partial charge in [-0.25, -0.2) is 0 Å². The standard InChI is InChI=1S/C23H26N2O3/c1-27-21-12-11-17(14-22(21)28-18-6-2-3-7-18)25-23(26)13-10-16-15-24-20-9-5-4-8-19(16)20/h4-5,8-9,11-12,14-15,18,24H,2-3,6-7,10,13H2,1H3,(H,25,26). The molecule has 0 atom stereocenters. The molecule has 2 aromatic carbocycles. The predicted molar refractivity (Wildman–Crippen MR) is 111 cm³/mol. The van der Waals surface area contributed by atoms with Gasteiger partial charge < -0.3 is 19.8 Å². The average Bonchev–Trinajstić information content (AvgIpc) is 3.36. The van der Waals surface area contributed by atoms with Gasteiger partial charge in [0, 0.05) is 35.3 Å². The van der Waals surface area contributed by atoms with E-state index in [9.17, 15) is 4.79 Å². The van der Waals surface area contributed by atoms with Crippen molar-refractivity contribution in [2.45, 2.75) is 44.6 Å². The topological polar surface area (TPSA) is 63.3 Å². The SMILES string of the molecule is COc1ccc(NC(=O)CCc2c[nH]c3ccccc23)cc1OC1CCCC1. The van der Waals surface area contributed by atoms with Crippen LogP contribution in [0, 0.1) is 0 Å². The highest BCUT2D eigenvalue weighted by atomic mass is 16.5. The lowest BCUT2D eigenvalue weighted by molar-refractivity contribution is -0.116. The smallest absolute Gasteiger partial charge is 0.224 e. The second-order valence-corrected chi connectivity index (χ2v) is 7.30. The molecule has 0 bridgehead atoms. The largest absolute Gasteiger partial charge is 0.493 e. The van der Waals surface area contributed by atoms with Crippen LogP contribution in [-0.4, -0.2) is 24.1 Å². The fourth-order valence-electron chi connectivity index (χ4n) is 3.84. The number of hydrogen-bond donors (Lipinski definition) is 2. The Hall–Kier alpha value is -2.95. The van der Waals surface area contributed by atoms with Crippen molar-refractivity contribution in [3.05, 3.63) is 54.2 Å². The zero-order valence-corrected chi connectivity index (χ0v) is 16.2. The van der Waals surface area contributed by atoms with E-state index in [1.807, 2.05) is 42.6 Å². The number of benzene rings is 2. The minimum absolute atomic E-state index is 0.0118. The summed E-state index contributed by atoms with van der Waals surface area (Å²) in [4.78, 5) is 15.7.